The van der Waals surface area contributed by atoms with Gasteiger partial charge in [0.1, 0.15) is 35.7 Å². The van der Waals surface area contributed by atoms with E-state index in [4.69, 9.17) is 10.5 Å². The predicted molar refractivity (Wildman–Crippen MR) is 155 cm³/mol. The fraction of sp³-hybridized carbons (Fsp3) is 0.462. The molecule has 0 spiro atoms. The maximum absolute atomic E-state index is 13.4. The van der Waals surface area contributed by atoms with Gasteiger partial charge < -0.3 is 55.9 Å². The van der Waals surface area contributed by atoms with E-state index >= 15 is 0 Å². The van der Waals surface area contributed by atoms with E-state index in [1.165, 1.54) is 41.2 Å². The predicted octanol–water partition coefficient (Wildman–Crippen LogP) is -0.685. The number of nitrogens with two attached hydrogens (primary N) is 1. The van der Waals surface area contributed by atoms with Crippen LogP contribution in [0.4, 0.5) is 13.2 Å². The summed E-state index contributed by atoms with van der Waals surface area (Å²) < 4.78 is 85.8. The van der Waals surface area contributed by atoms with Crippen molar-refractivity contribution in [1.82, 2.24) is 21.1 Å². The van der Waals surface area contributed by atoms with Crippen molar-refractivity contribution in [3.05, 3.63) is 66.1 Å². The maximum atomic E-state index is 13.4. The molecule has 2 aromatic heterocycles. The third-order valence-electron chi connectivity index (χ3n) is 7.92. The zero-order chi connectivity index (χ0) is 35.9. The number of hydrogen-bond acceptors (Lipinski definition) is 15. The van der Waals surface area contributed by atoms with E-state index in [1.807, 2.05) is 0 Å². The number of aromatic nitrogens is 4. The van der Waals surface area contributed by atoms with Crippen LogP contribution in [0.2, 0.25) is 0 Å². The third-order valence-corrected chi connectivity index (χ3v) is 10.5. The number of pyridine rings is 1. The monoisotopic (exact) mass is 756 g/mol. The number of rotatable bonds is 12. The van der Waals surface area contributed by atoms with Gasteiger partial charge in [0, 0.05) is 24.0 Å². The fourth-order valence-corrected chi connectivity index (χ4v) is 7.55. The van der Waals surface area contributed by atoms with Crippen molar-refractivity contribution >= 4 is 21.6 Å². The standard InChI is InChI=1S/C26H30F3N5O13P2.H3N/c27-26(28,29)16-6-2-1-5-15(16)17-10-34(32-31-17)25-23(38)22(37)19(46-25)12-45-49(42,43)47-48(40,41)44-11-14-8-18(21(36)20(14)35)33-7-3-4-13(9-33)24(30)39;/h1-7,9-10,14,18-23,25,35-38H,8,11-12H2,(H3-,30,39,40,41,42,43);1H3/t14-,18-,19+,20-,21+,22+,23+,25+;/m1./s1. The molecule has 50 heavy (non-hydrogen) atoms. The Hall–Kier alpha value is -3.21. The summed E-state index contributed by atoms with van der Waals surface area (Å²) in [5.41, 5.74) is 3.76. The highest BCUT2D eigenvalue weighted by molar-refractivity contribution is 7.59. The van der Waals surface area contributed by atoms with Gasteiger partial charge in [0.15, 0.2) is 24.7 Å². The van der Waals surface area contributed by atoms with Crippen molar-refractivity contribution in [3.8, 4) is 11.3 Å². The van der Waals surface area contributed by atoms with Gasteiger partial charge >= 0.3 is 6.18 Å². The average molecular weight is 757 g/mol. The number of benzene rings is 1. The highest BCUT2D eigenvalue weighted by Gasteiger charge is 2.48. The number of quaternary nitrogens is 1. The Balaban J connectivity index is 0.00000562. The largest absolute Gasteiger partial charge is 0.756 e. The zero-order valence-electron chi connectivity index (χ0n) is 25.8. The second kappa shape index (κ2) is 15.2. The van der Waals surface area contributed by atoms with Crippen LogP contribution in [0.5, 0.6) is 0 Å². The SMILES string of the molecule is NC(=O)c1ccc[n+]([C@@H]2C[C@H](COP(=O)([O-])OP(=O)([O-])OC[C@@H]3O[C@H](n4cc(-c5ccccc5C(F)(F)F)nn4)[C@@H](O)[C@H]3O)[C@@H](O)[C@H]2O)c1.[NH4+]. The molecule has 19 nitrogen and oxygen atoms in total. The lowest BCUT2D eigenvalue weighted by atomic mass is 10.0. The topological polar surface area (TPSA) is 312 Å². The van der Waals surface area contributed by atoms with Crippen LogP contribution in [-0.4, -0.2) is 85.1 Å². The summed E-state index contributed by atoms with van der Waals surface area (Å²) in [6.45, 7) is -1.91. The lowest BCUT2D eigenvalue weighted by molar-refractivity contribution is -0.728. The maximum Gasteiger partial charge on any atom is 0.417 e. The lowest BCUT2D eigenvalue weighted by Crippen LogP contribution is -2.45. The molecule has 1 amide bonds. The minimum absolute atomic E-state index is 0. The number of carbonyl (C=O) groups excluding carboxylic acids is 1. The van der Waals surface area contributed by atoms with Crippen LogP contribution in [0, 0.1) is 5.92 Å². The molecule has 10 atom stereocenters. The molecule has 2 aliphatic rings. The fourth-order valence-electron chi connectivity index (χ4n) is 5.49. The first-order valence-corrected chi connectivity index (χ1v) is 17.2. The number of alkyl halides is 3. The molecule has 2 fully saturated rings. The Morgan fingerprint density at radius 1 is 1.02 bits per heavy atom. The highest BCUT2D eigenvalue weighted by atomic mass is 31.3. The molecule has 1 saturated heterocycles. The van der Waals surface area contributed by atoms with Crippen LogP contribution < -0.4 is 26.2 Å². The molecule has 10 N–H and O–H groups in total. The van der Waals surface area contributed by atoms with E-state index in [2.05, 4.69) is 23.7 Å². The number of nitrogens with zero attached hydrogens (tertiary/aromatic N) is 4. The number of phosphoric acid groups is 2. The molecule has 3 heterocycles. The molecule has 1 aromatic carbocycles. The Kier molecular flexibility index (Phi) is 12.0. The Morgan fingerprint density at radius 3 is 2.34 bits per heavy atom. The van der Waals surface area contributed by atoms with E-state index in [0.717, 1.165) is 23.0 Å². The minimum atomic E-state index is -5.75. The number of primary amides is 1. The normalized spacial score (nSPS) is 29.2. The minimum Gasteiger partial charge on any atom is -0.756 e. The summed E-state index contributed by atoms with van der Waals surface area (Å²) >= 11 is 0. The van der Waals surface area contributed by atoms with Gasteiger partial charge in [-0.15, -0.1) is 5.10 Å². The number of hydrogen-bond donors (Lipinski definition) is 6. The summed E-state index contributed by atoms with van der Waals surface area (Å²) in [5, 5.41) is 49.1. The van der Waals surface area contributed by atoms with Crippen LogP contribution in [-0.2, 0) is 33.4 Å². The van der Waals surface area contributed by atoms with E-state index in [1.54, 1.807) is 0 Å². The number of carbonyl (C=O) groups is 1. The average Bonchev–Trinajstić information content (AvgIpc) is 3.71. The molecule has 1 aliphatic carbocycles. The highest BCUT2D eigenvalue weighted by Crippen LogP contribution is 2.56. The number of phosphoric ester groups is 2. The van der Waals surface area contributed by atoms with Crippen molar-refractivity contribution in [3.63, 3.8) is 0 Å². The number of aliphatic hydroxyl groups is 4. The second-order valence-corrected chi connectivity index (χ2v) is 14.1. The van der Waals surface area contributed by atoms with Gasteiger partial charge in [-0.2, -0.15) is 17.7 Å². The lowest BCUT2D eigenvalue weighted by Gasteiger charge is -2.32. The van der Waals surface area contributed by atoms with Gasteiger partial charge in [-0.1, -0.05) is 23.4 Å². The van der Waals surface area contributed by atoms with Gasteiger partial charge in [-0.05, 0) is 12.1 Å². The number of halogens is 3. The van der Waals surface area contributed by atoms with Crippen LogP contribution >= 0.6 is 15.6 Å². The molecule has 24 heteroatoms. The van der Waals surface area contributed by atoms with Gasteiger partial charge in [0.2, 0.25) is 0 Å². The smallest absolute Gasteiger partial charge is 0.417 e. The number of amides is 1. The van der Waals surface area contributed by atoms with Crippen LogP contribution in [0.1, 0.15) is 34.6 Å². The van der Waals surface area contributed by atoms with Crippen LogP contribution in [0.3, 0.4) is 0 Å². The molecular formula is C26H33F3N6O13P2. The van der Waals surface area contributed by atoms with Crippen LogP contribution in [0.15, 0.2) is 55.0 Å². The van der Waals surface area contributed by atoms with Crippen molar-refractivity contribution in [2.75, 3.05) is 13.2 Å². The summed E-state index contributed by atoms with van der Waals surface area (Å²) in [4.78, 5) is 36.2. The van der Waals surface area contributed by atoms with Crippen molar-refractivity contribution < 1.29 is 80.0 Å². The van der Waals surface area contributed by atoms with Gasteiger partial charge in [0.05, 0.1) is 31.1 Å². The molecule has 0 radical (unpaired) electrons. The van der Waals surface area contributed by atoms with Crippen molar-refractivity contribution in [2.45, 2.75) is 55.4 Å². The number of aliphatic hydroxyl groups excluding tert-OH is 4. The molecule has 5 rings (SSSR count). The van der Waals surface area contributed by atoms with Gasteiger partial charge in [0.25, 0.3) is 21.6 Å². The molecule has 0 bridgehead atoms. The molecule has 276 valence electrons. The molecular weight excluding hydrogens is 723 g/mol. The van der Waals surface area contributed by atoms with Gasteiger partial charge in [-0.25, -0.2) is 8.99 Å². The second-order valence-electron chi connectivity index (χ2n) is 11.2. The summed E-state index contributed by atoms with van der Waals surface area (Å²) in [6, 6.07) is 6.53. The van der Waals surface area contributed by atoms with E-state index in [-0.39, 0.29) is 29.4 Å². The zero-order valence-corrected chi connectivity index (χ0v) is 27.6. The molecule has 1 saturated carbocycles. The Labute approximate surface area is 280 Å². The van der Waals surface area contributed by atoms with Crippen molar-refractivity contribution in [2.24, 2.45) is 11.7 Å². The summed E-state index contributed by atoms with van der Waals surface area (Å²) in [7, 11) is -11.4. The third kappa shape index (κ3) is 8.80. The quantitative estimate of drug-likeness (QED) is 0.0985. The van der Waals surface area contributed by atoms with E-state index < -0.39 is 95.2 Å². The first-order valence-electron chi connectivity index (χ1n) is 14.3. The van der Waals surface area contributed by atoms with Gasteiger partial charge in [-0.3, -0.25) is 13.9 Å². The molecule has 1 aliphatic heterocycles. The van der Waals surface area contributed by atoms with Crippen molar-refractivity contribution in [1.29, 1.82) is 0 Å². The Morgan fingerprint density at radius 2 is 1.68 bits per heavy atom. The first kappa shape index (κ1) is 39.6. The molecule has 3 aromatic rings. The Bertz CT molecular complexity index is 1770. The van der Waals surface area contributed by atoms with Crippen LogP contribution in [0.25, 0.3) is 11.3 Å². The van der Waals surface area contributed by atoms with E-state index in [9.17, 15) is 57.3 Å². The summed E-state index contributed by atoms with van der Waals surface area (Å²) in [6.07, 6.45) is -10.8. The number of ether oxygens (including phenoxy) is 1. The first-order chi connectivity index (χ1) is 22.9. The summed E-state index contributed by atoms with van der Waals surface area (Å²) in [5.74, 6) is -1.79. The molecule has 2 unspecified atom stereocenters. The van der Waals surface area contributed by atoms with E-state index in [0.29, 0.717) is 0 Å².